The first-order valence-electron chi connectivity index (χ1n) is 6.46. The minimum atomic E-state index is -0.898. The molecule has 0 radical (unpaired) electrons. The van der Waals surface area contributed by atoms with Crippen LogP contribution in [-0.4, -0.2) is 15.6 Å². The molecule has 0 bridgehead atoms. The van der Waals surface area contributed by atoms with Gasteiger partial charge in [0.1, 0.15) is 0 Å². The molecular formula is C17H15NO2. The molecule has 3 aromatic rings. The molecule has 3 heteroatoms. The van der Waals surface area contributed by atoms with Crippen molar-refractivity contribution in [1.29, 1.82) is 0 Å². The summed E-state index contributed by atoms with van der Waals surface area (Å²) < 4.78 is 1.98. The maximum atomic E-state index is 11.1. The van der Waals surface area contributed by atoms with E-state index in [2.05, 4.69) is 25.3 Å². The predicted molar refractivity (Wildman–Crippen MR) is 80.1 cm³/mol. The fourth-order valence-corrected chi connectivity index (χ4v) is 2.61. The molecular weight excluding hydrogens is 250 g/mol. The smallest absolute Gasteiger partial charge is 0.335 e. The lowest BCUT2D eigenvalue weighted by atomic mass is 9.99. The van der Waals surface area contributed by atoms with E-state index in [1.807, 2.05) is 29.8 Å². The largest absolute Gasteiger partial charge is 0.478 e. The average molecular weight is 265 g/mol. The zero-order valence-corrected chi connectivity index (χ0v) is 11.4. The Balaban J connectivity index is 2.29. The molecule has 1 N–H and O–H groups in total. The van der Waals surface area contributed by atoms with Gasteiger partial charge in [-0.3, -0.25) is 0 Å². The lowest BCUT2D eigenvalue weighted by Crippen LogP contribution is -1.96. The van der Waals surface area contributed by atoms with Crippen molar-refractivity contribution < 1.29 is 9.90 Å². The van der Waals surface area contributed by atoms with Crippen molar-refractivity contribution in [3.05, 3.63) is 59.8 Å². The fraction of sp³-hybridized carbons (Fsp3) is 0.118. The maximum Gasteiger partial charge on any atom is 0.335 e. The van der Waals surface area contributed by atoms with Crippen LogP contribution in [0.5, 0.6) is 0 Å². The SMILES string of the molecule is Cc1ccccc1-c1cn(C)c2cc(C(=O)O)ccc12. The third kappa shape index (κ3) is 1.88. The minimum Gasteiger partial charge on any atom is -0.478 e. The number of aromatic carboxylic acids is 1. The first-order valence-corrected chi connectivity index (χ1v) is 6.46. The molecule has 0 saturated carbocycles. The van der Waals surface area contributed by atoms with Crippen molar-refractivity contribution in [2.75, 3.05) is 0 Å². The molecule has 20 heavy (non-hydrogen) atoms. The van der Waals surface area contributed by atoms with E-state index in [4.69, 9.17) is 5.11 Å². The third-order valence-corrected chi connectivity index (χ3v) is 3.67. The quantitative estimate of drug-likeness (QED) is 0.764. The first-order chi connectivity index (χ1) is 9.58. The van der Waals surface area contributed by atoms with Gasteiger partial charge in [-0.25, -0.2) is 4.79 Å². The highest BCUT2D eigenvalue weighted by atomic mass is 16.4. The number of benzene rings is 2. The second kappa shape index (κ2) is 4.53. The summed E-state index contributed by atoms with van der Waals surface area (Å²) in [5.74, 6) is -0.898. The summed E-state index contributed by atoms with van der Waals surface area (Å²) in [6.07, 6.45) is 2.05. The van der Waals surface area contributed by atoms with E-state index in [1.54, 1.807) is 12.1 Å². The van der Waals surface area contributed by atoms with Crippen LogP contribution in [0.4, 0.5) is 0 Å². The molecule has 0 unspecified atom stereocenters. The van der Waals surface area contributed by atoms with E-state index in [9.17, 15) is 4.79 Å². The van der Waals surface area contributed by atoms with E-state index >= 15 is 0 Å². The van der Waals surface area contributed by atoms with Crippen LogP contribution in [0.15, 0.2) is 48.7 Å². The van der Waals surface area contributed by atoms with Crippen molar-refractivity contribution in [3.63, 3.8) is 0 Å². The number of fused-ring (bicyclic) bond motifs is 1. The molecule has 0 atom stereocenters. The summed E-state index contributed by atoms with van der Waals surface area (Å²) in [6.45, 7) is 2.08. The highest BCUT2D eigenvalue weighted by molar-refractivity contribution is 6.00. The molecule has 0 aliphatic heterocycles. The Kier molecular flexibility index (Phi) is 2.83. The van der Waals surface area contributed by atoms with Crippen LogP contribution in [0.2, 0.25) is 0 Å². The third-order valence-electron chi connectivity index (χ3n) is 3.67. The molecule has 1 aromatic heterocycles. The standard InChI is InChI=1S/C17H15NO2/c1-11-5-3-4-6-13(11)15-10-18(2)16-9-12(17(19)20)7-8-14(15)16/h3-10H,1-2H3,(H,19,20). The second-order valence-corrected chi connectivity index (χ2v) is 5.01. The van der Waals surface area contributed by atoms with Crippen LogP contribution in [0, 0.1) is 6.92 Å². The summed E-state index contributed by atoms with van der Waals surface area (Å²) in [5, 5.41) is 10.2. The highest BCUT2D eigenvalue weighted by Crippen LogP contribution is 2.32. The van der Waals surface area contributed by atoms with Crippen molar-refractivity contribution >= 4 is 16.9 Å². The number of hydrogen-bond acceptors (Lipinski definition) is 1. The van der Waals surface area contributed by atoms with E-state index in [-0.39, 0.29) is 0 Å². The van der Waals surface area contributed by atoms with Crippen LogP contribution in [-0.2, 0) is 7.05 Å². The summed E-state index contributed by atoms with van der Waals surface area (Å²) in [7, 11) is 1.94. The molecule has 3 nitrogen and oxygen atoms in total. The lowest BCUT2D eigenvalue weighted by Gasteiger charge is -2.04. The second-order valence-electron chi connectivity index (χ2n) is 5.01. The number of nitrogens with zero attached hydrogens (tertiary/aromatic N) is 1. The van der Waals surface area contributed by atoms with Gasteiger partial charge in [0.15, 0.2) is 0 Å². The lowest BCUT2D eigenvalue weighted by molar-refractivity contribution is 0.0697. The summed E-state index contributed by atoms with van der Waals surface area (Å²) >= 11 is 0. The highest BCUT2D eigenvalue weighted by Gasteiger charge is 2.12. The van der Waals surface area contributed by atoms with Gasteiger partial charge in [0.05, 0.1) is 5.56 Å². The Hall–Kier alpha value is -2.55. The van der Waals surface area contributed by atoms with E-state index in [1.165, 1.54) is 11.1 Å². The van der Waals surface area contributed by atoms with Gasteiger partial charge in [-0.15, -0.1) is 0 Å². The normalized spacial score (nSPS) is 10.9. The Labute approximate surface area is 117 Å². The number of carboxylic acids is 1. The first kappa shape index (κ1) is 12.5. The zero-order chi connectivity index (χ0) is 14.3. The van der Waals surface area contributed by atoms with Gasteiger partial charge in [0, 0.05) is 29.7 Å². The van der Waals surface area contributed by atoms with Crippen LogP contribution in [0.3, 0.4) is 0 Å². The minimum absolute atomic E-state index is 0.315. The van der Waals surface area contributed by atoms with Crippen molar-refractivity contribution in [3.8, 4) is 11.1 Å². The summed E-state index contributed by atoms with van der Waals surface area (Å²) in [5.41, 5.74) is 4.78. The van der Waals surface area contributed by atoms with Crippen LogP contribution in [0.25, 0.3) is 22.0 Å². The molecule has 0 aliphatic rings. The zero-order valence-electron chi connectivity index (χ0n) is 11.4. The average Bonchev–Trinajstić information content (AvgIpc) is 2.76. The van der Waals surface area contributed by atoms with Gasteiger partial charge in [-0.2, -0.15) is 0 Å². The van der Waals surface area contributed by atoms with Gasteiger partial charge in [-0.1, -0.05) is 30.3 Å². The van der Waals surface area contributed by atoms with Crippen LogP contribution >= 0.6 is 0 Å². The molecule has 0 fully saturated rings. The Morgan fingerprint density at radius 3 is 2.55 bits per heavy atom. The van der Waals surface area contributed by atoms with E-state index < -0.39 is 5.97 Å². The number of rotatable bonds is 2. The molecule has 3 rings (SSSR count). The summed E-state index contributed by atoms with van der Waals surface area (Å²) in [6, 6.07) is 13.5. The number of aromatic nitrogens is 1. The van der Waals surface area contributed by atoms with Gasteiger partial charge in [-0.05, 0) is 30.2 Å². The monoisotopic (exact) mass is 265 g/mol. The molecule has 2 aromatic carbocycles. The van der Waals surface area contributed by atoms with Gasteiger partial charge in [0.2, 0.25) is 0 Å². The maximum absolute atomic E-state index is 11.1. The number of carbonyl (C=O) groups is 1. The molecule has 0 amide bonds. The predicted octanol–water partition coefficient (Wildman–Crippen LogP) is 3.85. The number of carboxylic acid groups (broad SMARTS) is 1. The van der Waals surface area contributed by atoms with Gasteiger partial charge < -0.3 is 9.67 Å². The van der Waals surface area contributed by atoms with Gasteiger partial charge >= 0.3 is 5.97 Å². The Morgan fingerprint density at radius 2 is 1.85 bits per heavy atom. The topological polar surface area (TPSA) is 42.2 Å². The van der Waals surface area contributed by atoms with Crippen molar-refractivity contribution in [2.45, 2.75) is 6.92 Å². The van der Waals surface area contributed by atoms with E-state index in [0.29, 0.717) is 5.56 Å². The summed E-state index contributed by atoms with van der Waals surface area (Å²) in [4.78, 5) is 11.1. The molecule has 1 heterocycles. The Morgan fingerprint density at radius 1 is 1.10 bits per heavy atom. The number of hydrogen-bond donors (Lipinski definition) is 1. The fourth-order valence-electron chi connectivity index (χ4n) is 2.61. The molecule has 0 saturated heterocycles. The molecule has 0 aliphatic carbocycles. The van der Waals surface area contributed by atoms with Gasteiger partial charge in [0.25, 0.3) is 0 Å². The van der Waals surface area contributed by atoms with E-state index in [0.717, 1.165) is 16.5 Å². The van der Waals surface area contributed by atoms with Crippen LogP contribution < -0.4 is 0 Å². The van der Waals surface area contributed by atoms with Crippen LogP contribution in [0.1, 0.15) is 15.9 Å². The molecule has 100 valence electrons. The molecule has 0 spiro atoms. The van der Waals surface area contributed by atoms with Crippen molar-refractivity contribution in [1.82, 2.24) is 4.57 Å². The number of aryl methyl sites for hydroxylation is 2. The Bertz CT molecular complexity index is 815. The van der Waals surface area contributed by atoms with Crippen molar-refractivity contribution in [2.24, 2.45) is 7.05 Å².